The molecule has 2 aromatic rings. The van der Waals surface area contributed by atoms with E-state index in [1.165, 1.54) is 12.1 Å². The zero-order valence-corrected chi connectivity index (χ0v) is 11.3. The summed E-state index contributed by atoms with van der Waals surface area (Å²) in [6, 6.07) is 15.4. The maximum Gasteiger partial charge on any atom is 0.573 e. The van der Waals surface area contributed by atoms with Crippen molar-refractivity contribution in [1.82, 2.24) is 0 Å². The second kappa shape index (κ2) is 7.02. The Balaban J connectivity index is 1.74. The monoisotopic (exact) mass is 296 g/mol. The Bertz CT molecular complexity index is 536. The highest BCUT2D eigenvalue weighted by atomic mass is 19.4. The highest BCUT2D eigenvalue weighted by molar-refractivity contribution is 5.27. The normalized spacial score (nSPS) is 11.2. The smallest absolute Gasteiger partial charge is 0.494 e. The van der Waals surface area contributed by atoms with E-state index in [0.29, 0.717) is 6.61 Å². The Hall–Kier alpha value is -2.17. The van der Waals surface area contributed by atoms with E-state index >= 15 is 0 Å². The molecule has 0 atom stereocenters. The molecule has 0 aliphatic carbocycles. The lowest BCUT2D eigenvalue weighted by Crippen LogP contribution is -2.17. The summed E-state index contributed by atoms with van der Waals surface area (Å²) in [6.07, 6.45) is -3.13. The molecule has 0 aliphatic heterocycles. The van der Waals surface area contributed by atoms with Crippen molar-refractivity contribution in [2.24, 2.45) is 0 Å². The van der Waals surface area contributed by atoms with Gasteiger partial charge in [-0.2, -0.15) is 0 Å². The van der Waals surface area contributed by atoms with Gasteiger partial charge in [0.15, 0.2) is 0 Å². The van der Waals surface area contributed by atoms with Crippen molar-refractivity contribution in [1.29, 1.82) is 0 Å². The number of hydrogen-bond donors (Lipinski definition) is 0. The first kappa shape index (κ1) is 15.2. The average Bonchev–Trinajstić information content (AvgIpc) is 2.45. The molecule has 0 heterocycles. The van der Waals surface area contributed by atoms with Gasteiger partial charge in [0.2, 0.25) is 0 Å². The quantitative estimate of drug-likeness (QED) is 0.725. The molecule has 0 amide bonds. The third-order valence-corrected chi connectivity index (χ3v) is 2.78. The second-order valence-corrected chi connectivity index (χ2v) is 4.46. The van der Waals surface area contributed by atoms with Crippen LogP contribution < -0.4 is 9.47 Å². The molecule has 0 radical (unpaired) electrons. The lowest BCUT2D eigenvalue weighted by atomic mass is 10.1. The summed E-state index contributed by atoms with van der Waals surface area (Å²) >= 11 is 0. The molecule has 0 fully saturated rings. The maximum absolute atomic E-state index is 12.0. The Morgan fingerprint density at radius 2 is 1.48 bits per heavy atom. The van der Waals surface area contributed by atoms with Crippen LogP contribution in [0.15, 0.2) is 54.6 Å². The van der Waals surface area contributed by atoms with Crippen LogP contribution in [-0.4, -0.2) is 13.0 Å². The summed E-state index contributed by atoms with van der Waals surface area (Å²) in [5.74, 6) is 0.609. The van der Waals surface area contributed by atoms with Crippen molar-refractivity contribution in [2.75, 3.05) is 6.61 Å². The molecule has 0 aliphatic rings. The van der Waals surface area contributed by atoms with Crippen molar-refractivity contribution in [3.05, 3.63) is 60.2 Å². The lowest BCUT2D eigenvalue weighted by Gasteiger charge is -2.09. The summed E-state index contributed by atoms with van der Waals surface area (Å²) in [6.45, 7) is 0.560. The fourth-order valence-corrected chi connectivity index (χ4v) is 1.84. The van der Waals surface area contributed by atoms with Gasteiger partial charge >= 0.3 is 6.36 Å². The van der Waals surface area contributed by atoms with Crippen LogP contribution in [0.3, 0.4) is 0 Å². The highest BCUT2D eigenvalue weighted by Gasteiger charge is 2.30. The molecule has 0 aromatic heterocycles. The second-order valence-electron chi connectivity index (χ2n) is 4.46. The molecule has 0 bridgehead atoms. The van der Waals surface area contributed by atoms with E-state index in [1.54, 1.807) is 12.1 Å². The molecule has 2 rings (SSSR count). The van der Waals surface area contributed by atoms with E-state index in [1.807, 2.05) is 30.3 Å². The van der Waals surface area contributed by atoms with Crippen molar-refractivity contribution >= 4 is 0 Å². The van der Waals surface area contributed by atoms with Gasteiger partial charge < -0.3 is 9.47 Å². The average molecular weight is 296 g/mol. The summed E-state index contributed by atoms with van der Waals surface area (Å²) in [5, 5.41) is 0. The first-order valence-electron chi connectivity index (χ1n) is 6.55. The summed E-state index contributed by atoms with van der Waals surface area (Å²) < 4.78 is 45.4. The van der Waals surface area contributed by atoms with E-state index in [-0.39, 0.29) is 5.75 Å². The molecular weight excluding hydrogens is 281 g/mol. The zero-order chi connectivity index (χ0) is 15.1. The van der Waals surface area contributed by atoms with Crippen LogP contribution >= 0.6 is 0 Å². The molecule has 0 spiro atoms. The van der Waals surface area contributed by atoms with Crippen molar-refractivity contribution in [3.63, 3.8) is 0 Å². The SMILES string of the molecule is FC(F)(F)Oc1ccc(CCCOc2ccccc2)cc1. The molecule has 0 saturated carbocycles. The molecule has 0 N–H and O–H groups in total. The third kappa shape index (κ3) is 5.77. The number of hydrogen-bond acceptors (Lipinski definition) is 2. The fraction of sp³-hybridized carbons (Fsp3) is 0.250. The number of benzene rings is 2. The minimum Gasteiger partial charge on any atom is -0.494 e. The van der Waals surface area contributed by atoms with Gasteiger partial charge in [0.05, 0.1) is 6.61 Å². The number of rotatable bonds is 6. The van der Waals surface area contributed by atoms with Crippen molar-refractivity contribution in [2.45, 2.75) is 19.2 Å². The van der Waals surface area contributed by atoms with E-state index < -0.39 is 6.36 Å². The van der Waals surface area contributed by atoms with Crippen LogP contribution in [0.5, 0.6) is 11.5 Å². The van der Waals surface area contributed by atoms with E-state index in [2.05, 4.69) is 4.74 Å². The maximum atomic E-state index is 12.0. The van der Waals surface area contributed by atoms with Gasteiger partial charge in [-0.1, -0.05) is 30.3 Å². The van der Waals surface area contributed by atoms with Gasteiger partial charge in [-0.3, -0.25) is 0 Å². The van der Waals surface area contributed by atoms with Gasteiger partial charge in [-0.15, -0.1) is 13.2 Å². The van der Waals surface area contributed by atoms with Crippen LogP contribution in [0, 0.1) is 0 Å². The van der Waals surface area contributed by atoms with Crippen LogP contribution in [-0.2, 0) is 6.42 Å². The number of ether oxygens (including phenoxy) is 2. The Morgan fingerprint density at radius 3 is 2.10 bits per heavy atom. The number of aryl methyl sites for hydroxylation is 1. The van der Waals surface area contributed by atoms with Gasteiger partial charge in [0.25, 0.3) is 0 Å². The van der Waals surface area contributed by atoms with Gasteiger partial charge in [0.1, 0.15) is 11.5 Å². The molecular formula is C16H15F3O2. The molecule has 0 unspecified atom stereocenters. The lowest BCUT2D eigenvalue weighted by molar-refractivity contribution is -0.274. The Labute approximate surface area is 121 Å². The molecule has 112 valence electrons. The summed E-state index contributed by atoms with van der Waals surface area (Å²) in [7, 11) is 0. The van der Waals surface area contributed by atoms with Gasteiger partial charge in [-0.25, -0.2) is 0 Å². The number of para-hydroxylation sites is 1. The van der Waals surface area contributed by atoms with E-state index in [9.17, 15) is 13.2 Å². The topological polar surface area (TPSA) is 18.5 Å². The first-order valence-corrected chi connectivity index (χ1v) is 6.55. The molecule has 21 heavy (non-hydrogen) atoms. The standard InChI is InChI=1S/C16H15F3O2/c17-16(18,19)21-15-10-8-13(9-11-15)5-4-12-20-14-6-2-1-3-7-14/h1-3,6-11H,4-5,12H2. The predicted octanol–water partition coefficient (Wildman–Crippen LogP) is 4.60. The first-order chi connectivity index (χ1) is 10.0. The number of halogens is 3. The largest absolute Gasteiger partial charge is 0.573 e. The molecule has 2 nitrogen and oxygen atoms in total. The van der Waals surface area contributed by atoms with Crippen molar-refractivity contribution in [3.8, 4) is 11.5 Å². The zero-order valence-electron chi connectivity index (χ0n) is 11.3. The minimum atomic E-state index is -4.65. The Morgan fingerprint density at radius 1 is 0.810 bits per heavy atom. The third-order valence-electron chi connectivity index (χ3n) is 2.78. The van der Waals surface area contributed by atoms with Crippen LogP contribution in [0.4, 0.5) is 13.2 Å². The van der Waals surface area contributed by atoms with Gasteiger partial charge in [0, 0.05) is 0 Å². The highest BCUT2D eigenvalue weighted by Crippen LogP contribution is 2.23. The minimum absolute atomic E-state index is 0.202. The van der Waals surface area contributed by atoms with Crippen LogP contribution in [0.1, 0.15) is 12.0 Å². The fourth-order valence-electron chi connectivity index (χ4n) is 1.84. The van der Waals surface area contributed by atoms with Crippen LogP contribution in [0.25, 0.3) is 0 Å². The summed E-state index contributed by atoms with van der Waals surface area (Å²) in [5.41, 5.74) is 0.946. The molecule has 0 saturated heterocycles. The van der Waals surface area contributed by atoms with E-state index in [0.717, 1.165) is 24.2 Å². The van der Waals surface area contributed by atoms with E-state index in [4.69, 9.17) is 4.74 Å². The Kier molecular flexibility index (Phi) is 5.09. The van der Waals surface area contributed by atoms with Crippen molar-refractivity contribution < 1.29 is 22.6 Å². The van der Waals surface area contributed by atoms with Crippen LogP contribution in [0.2, 0.25) is 0 Å². The summed E-state index contributed by atoms with van der Waals surface area (Å²) in [4.78, 5) is 0. The number of alkyl halides is 3. The predicted molar refractivity (Wildman–Crippen MR) is 73.4 cm³/mol. The molecule has 2 aromatic carbocycles. The molecule has 5 heteroatoms. The van der Waals surface area contributed by atoms with Gasteiger partial charge in [-0.05, 0) is 42.7 Å².